The summed E-state index contributed by atoms with van der Waals surface area (Å²) in [6.07, 6.45) is -1.69. The van der Waals surface area contributed by atoms with Gasteiger partial charge in [-0.25, -0.2) is 4.79 Å². The first kappa shape index (κ1) is 21.6. The van der Waals surface area contributed by atoms with Crippen LogP contribution in [0.3, 0.4) is 0 Å². The van der Waals surface area contributed by atoms with Gasteiger partial charge in [0.2, 0.25) is 5.90 Å². The van der Waals surface area contributed by atoms with Gasteiger partial charge in [0.05, 0.1) is 24.5 Å². The van der Waals surface area contributed by atoms with E-state index < -0.39 is 28.0 Å². The summed E-state index contributed by atoms with van der Waals surface area (Å²) in [5.41, 5.74) is 1.36. The predicted octanol–water partition coefficient (Wildman–Crippen LogP) is 2.44. The molecule has 7 nitrogen and oxygen atoms in total. The molecular weight excluding hydrogens is 382 g/mol. The number of hydrogen-bond donors (Lipinski definition) is 1. The van der Waals surface area contributed by atoms with Crippen molar-refractivity contribution in [1.82, 2.24) is 0 Å². The molecule has 0 radical (unpaired) electrons. The Labute approximate surface area is 164 Å². The molecule has 0 heterocycles. The van der Waals surface area contributed by atoms with E-state index >= 15 is 0 Å². The van der Waals surface area contributed by atoms with Gasteiger partial charge in [-0.1, -0.05) is 48.0 Å². The first-order chi connectivity index (χ1) is 13.3. The number of aliphatic hydroxyl groups excluding tert-OH is 1. The van der Waals surface area contributed by atoms with Crippen molar-refractivity contribution in [2.24, 2.45) is 4.40 Å². The maximum Gasteiger partial charge on any atom is 0.336 e. The number of sulfonamides is 1. The number of carbonyl (C=O) groups is 1. The number of nitrogens with zero attached hydrogens (tertiary/aromatic N) is 1. The van der Waals surface area contributed by atoms with Gasteiger partial charge in [0.1, 0.15) is 0 Å². The van der Waals surface area contributed by atoms with Crippen molar-refractivity contribution in [3.8, 4) is 0 Å². The molecule has 0 aliphatic rings. The zero-order chi connectivity index (χ0) is 20.7. The van der Waals surface area contributed by atoms with Crippen molar-refractivity contribution in [2.75, 3.05) is 13.7 Å². The topological polar surface area (TPSA) is 102 Å². The fourth-order valence-corrected chi connectivity index (χ4v) is 3.60. The average molecular weight is 405 g/mol. The smallest absolute Gasteiger partial charge is 0.336 e. The molecule has 0 spiro atoms. The third-order valence-electron chi connectivity index (χ3n) is 4.01. The van der Waals surface area contributed by atoms with Gasteiger partial charge < -0.3 is 14.6 Å². The van der Waals surface area contributed by atoms with Crippen LogP contribution in [0.25, 0.3) is 0 Å². The van der Waals surface area contributed by atoms with E-state index in [-0.39, 0.29) is 17.4 Å². The number of ether oxygens (including phenoxy) is 2. The van der Waals surface area contributed by atoms with E-state index in [0.29, 0.717) is 5.56 Å². The largest absolute Gasteiger partial charge is 0.483 e. The molecule has 2 unspecified atom stereocenters. The van der Waals surface area contributed by atoms with Gasteiger partial charge in [-0.05, 0) is 31.5 Å². The Balaban J connectivity index is 2.53. The highest BCUT2D eigenvalue weighted by Crippen LogP contribution is 2.25. The Morgan fingerprint density at radius 3 is 2.25 bits per heavy atom. The number of carbonyl (C=O) groups excluding carboxylic acids is 1. The number of aliphatic hydroxyl groups is 1. The predicted molar refractivity (Wildman–Crippen MR) is 105 cm³/mol. The fourth-order valence-electron chi connectivity index (χ4n) is 2.59. The van der Waals surface area contributed by atoms with E-state index in [0.717, 1.165) is 5.56 Å². The lowest BCUT2D eigenvalue weighted by Crippen LogP contribution is -2.35. The Morgan fingerprint density at radius 2 is 1.71 bits per heavy atom. The summed E-state index contributed by atoms with van der Waals surface area (Å²) in [6, 6.07) is 14.6. The molecule has 0 bridgehead atoms. The number of methoxy groups -OCH3 is 1. The van der Waals surface area contributed by atoms with Gasteiger partial charge >= 0.3 is 5.97 Å². The number of rotatable bonds is 7. The number of esters is 1. The van der Waals surface area contributed by atoms with E-state index in [1.165, 1.54) is 19.2 Å². The normalized spacial score (nSPS) is 14.2. The van der Waals surface area contributed by atoms with Crippen LogP contribution in [0.1, 0.15) is 24.0 Å². The summed E-state index contributed by atoms with van der Waals surface area (Å²) in [5, 5.41) is 10.5. The van der Waals surface area contributed by atoms with Crippen LogP contribution in [0.5, 0.6) is 0 Å². The molecular formula is C20H23NO6S. The van der Waals surface area contributed by atoms with Crippen LogP contribution in [0.15, 0.2) is 63.9 Å². The fraction of sp³-hybridized carbons (Fsp3) is 0.300. The van der Waals surface area contributed by atoms with E-state index in [1.54, 1.807) is 49.4 Å². The number of benzene rings is 2. The van der Waals surface area contributed by atoms with Crippen LogP contribution in [-0.4, -0.2) is 45.2 Å². The molecule has 0 saturated carbocycles. The molecule has 0 aromatic heterocycles. The average Bonchev–Trinajstić information content (AvgIpc) is 2.68. The maximum atomic E-state index is 12.7. The zero-order valence-corrected chi connectivity index (χ0v) is 16.7. The van der Waals surface area contributed by atoms with E-state index in [4.69, 9.17) is 9.47 Å². The molecule has 0 aliphatic carbocycles. The van der Waals surface area contributed by atoms with Crippen LogP contribution in [0.4, 0.5) is 0 Å². The third kappa shape index (κ3) is 5.17. The minimum absolute atomic E-state index is 0.0231. The molecule has 0 fully saturated rings. The molecule has 2 atom stereocenters. The van der Waals surface area contributed by atoms with Crippen LogP contribution in [0.2, 0.25) is 0 Å². The van der Waals surface area contributed by atoms with Gasteiger partial charge in [0.25, 0.3) is 10.0 Å². The summed E-state index contributed by atoms with van der Waals surface area (Å²) >= 11 is 0. The quantitative estimate of drug-likeness (QED) is 0.431. The first-order valence-electron chi connectivity index (χ1n) is 8.65. The molecule has 2 rings (SSSR count). The lowest BCUT2D eigenvalue weighted by molar-refractivity contribution is -0.153. The summed E-state index contributed by atoms with van der Waals surface area (Å²) in [6.45, 7) is 3.51. The molecule has 0 aliphatic heterocycles. The monoisotopic (exact) mass is 405 g/mol. The standard InChI is InChI=1S/C20H23NO6S/c1-4-27-20(23)18(22)17(15-8-6-5-7-9-15)19(26-3)21-28(24,25)16-12-10-14(2)11-13-16/h5-13,17-18,22H,4H2,1-3H3/b21-19-. The van der Waals surface area contributed by atoms with Crippen LogP contribution in [0, 0.1) is 6.92 Å². The molecule has 28 heavy (non-hydrogen) atoms. The SMILES string of the molecule is CCOC(=O)C(O)C(/C(=N/S(=O)(=O)c1ccc(C)cc1)OC)c1ccccc1. The second kappa shape index (κ2) is 9.48. The van der Waals surface area contributed by atoms with Crippen molar-refractivity contribution in [3.05, 3.63) is 65.7 Å². The van der Waals surface area contributed by atoms with E-state index in [1.807, 2.05) is 6.92 Å². The Morgan fingerprint density at radius 1 is 1.11 bits per heavy atom. The van der Waals surface area contributed by atoms with Gasteiger partial charge in [-0.15, -0.1) is 4.40 Å². The maximum absolute atomic E-state index is 12.7. The highest BCUT2D eigenvalue weighted by atomic mass is 32.2. The van der Waals surface area contributed by atoms with Gasteiger partial charge in [0.15, 0.2) is 6.10 Å². The number of aryl methyl sites for hydroxylation is 1. The molecule has 0 amide bonds. The van der Waals surface area contributed by atoms with E-state index in [9.17, 15) is 18.3 Å². The minimum Gasteiger partial charge on any atom is -0.483 e. The van der Waals surface area contributed by atoms with E-state index in [2.05, 4.69) is 4.40 Å². The van der Waals surface area contributed by atoms with Crippen molar-refractivity contribution >= 4 is 21.9 Å². The van der Waals surface area contributed by atoms with Crippen molar-refractivity contribution in [2.45, 2.75) is 30.8 Å². The lowest BCUT2D eigenvalue weighted by Gasteiger charge is -2.22. The summed E-state index contributed by atoms with van der Waals surface area (Å²) in [5.74, 6) is -2.35. The summed E-state index contributed by atoms with van der Waals surface area (Å²) < 4.78 is 39.2. The third-order valence-corrected chi connectivity index (χ3v) is 5.29. The van der Waals surface area contributed by atoms with Crippen molar-refractivity contribution in [1.29, 1.82) is 0 Å². The number of hydrogen-bond acceptors (Lipinski definition) is 6. The van der Waals surface area contributed by atoms with Crippen molar-refractivity contribution < 1.29 is 27.8 Å². The molecule has 0 saturated heterocycles. The van der Waals surface area contributed by atoms with Crippen molar-refractivity contribution in [3.63, 3.8) is 0 Å². The molecule has 2 aromatic carbocycles. The van der Waals surface area contributed by atoms with Gasteiger partial charge in [0, 0.05) is 0 Å². The second-order valence-electron chi connectivity index (χ2n) is 6.01. The van der Waals surface area contributed by atoms with Crippen LogP contribution < -0.4 is 0 Å². The van der Waals surface area contributed by atoms with Gasteiger partial charge in [-0.2, -0.15) is 8.42 Å². The van der Waals surface area contributed by atoms with Crippen LogP contribution >= 0.6 is 0 Å². The molecule has 150 valence electrons. The van der Waals surface area contributed by atoms with Crippen LogP contribution in [-0.2, 0) is 24.3 Å². The Kier molecular flexibility index (Phi) is 7.31. The molecule has 1 N–H and O–H groups in total. The molecule has 2 aromatic rings. The Bertz CT molecular complexity index is 923. The highest BCUT2D eigenvalue weighted by Gasteiger charge is 2.35. The lowest BCUT2D eigenvalue weighted by atomic mass is 9.93. The zero-order valence-electron chi connectivity index (χ0n) is 15.9. The minimum atomic E-state index is -4.11. The summed E-state index contributed by atoms with van der Waals surface area (Å²) in [7, 11) is -2.88. The summed E-state index contributed by atoms with van der Waals surface area (Å²) in [4.78, 5) is 12.1. The highest BCUT2D eigenvalue weighted by molar-refractivity contribution is 7.90. The second-order valence-corrected chi connectivity index (χ2v) is 7.61. The first-order valence-corrected chi connectivity index (χ1v) is 10.1. The Hall–Kier alpha value is -2.71. The van der Waals surface area contributed by atoms with Gasteiger partial charge in [-0.3, -0.25) is 0 Å². The molecule has 8 heteroatoms.